The Morgan fingerprint density at radius 1 is 1.10 bits per heavy atom. The van der Waals surface area contributed by atoms with Crippen LogP contribution in [0.3, 0.4) is 0 Å². The lowest BCUT2D eigenvalue weighted by atomic mass is 9.83. The molecule has 0 radical (unpaired) electrons. The minimum Gasteiger partial charge on any atom is -0.378 e. The number of nitrogens with zero attached hydrogens (tertiary/aromatic N) is 2. The van der Waals surface area contributed by atoms with Crippen LogP contribution in [-0.2, 0) is 0 Å². The summed E-state index contributed by atoms with van der Waals surface area (Å²) < 4.78 is 0. The summed E-state index contributed by atoms with van der Waals surface area (Å²) in [7, 11) is 2.21. The molecule has 106 valence electrons. The molecule has 0 N–H and O–H groups in total. The van der Waals surface area contributed by atoms with Gasteiger partial charge in [0.15, 0.2) is 0 Å². The summed E-state index contributed by atoms with van der Waals surface area (Å²) in [6.45, 7) is 1.19. The summed E-state index contributed by atoms with van der Waals surface area (Å²) in [4.78, 5) is 7.26. The van der Waals surface area contributed by atoms with Gasteiger partial charge in [0, 0.05) is 30.6 Å². The Labute approximate surface area is 125 Å². The fourth-order valence-corrected chi connectivity index (χ4v) is 3.59. The zero-order valence-corrected chi connectivity index (χ0v) is 12.4. The number of para-hydroxylation sites is 1. The predicted octanol–water partition coefficient (Wildman–Crippen LogP) is 4.25. The molecule has 1 aliphatic heterocycles. The van der Waals surface area contributed by atoms with Crippen molar-refractivity contribution in [3.8, 4) is 0 Å². The van der Waals surface area contributed by atoms with E-state index < -0.39 is 0 Å². The highest BCUT2D eigenvalue weighted by atomic mass is 15.1. The number of hydrogen-bond acceptors (Lipinski definition) is 2. The fraction of sp³-hybridized carbons (Fsp3) is 0.316. The van der Waals surface area contributed by atoms with E-state index in [1.807, 2.05) is 0 Å². The van der Waals surface area contributed by atoms with Crippen LogP contribution in [0.15, 0.2) is 54.2 Å². The van der Waals surface area contributed by atoms with Crippen molar-refractivity contribution in [2.24, 2.45) is 5.92 Å². The molecule has 2 aliphatic rings. The molecule has 21 heavy (non-hydrogen) atoms. The first kappa shape index (κ1) is 12.6. The van der Waals surface area contributed by atoms with Gasteiger partial charge in [-0.1, -0.05) is 30.3 Å². The third-order valence-corrected chi connectivity index (χ3v) is 4.75. The Kier molecular flexibility index (Phi) is 3.03. The van der Waals surface area contributed by atoms with Crippen molar-refractivity contribution in [2.75, 3.05) is 13.6 Å². The summed E-state index contributed by atoms with van der Waals surface area (Å²) in [6, 6.07) is 12.7. The first-order valence-electron chi connectivity index (χ1n) is 7.79. The van der Waals surface area contributed by atoms with Crippen LogP contribution in [-0.4, -0.2) is 23.5 Å². The maximum Gasteiger partial charge on any atom is 0.0709 e. The molecule has 1 unspecified atom stereocenters. The standard InChI is InChI=1S/C19H20N2/c1-21-12-4-6-16-13-15(9-11-19(16)21)18-10-8-14-5-2-3-7-17(14)20-18/h2-3,5,7-11,16H,4,6,12-13H2,1H3. The molecular weight excluding hydrogens is 256 g/mol. The topological polar surface area (TPSA) is 16.1 Å². The van der Waals surface area contributed by atoms with Gasteiger partial charge >= 0.3 is 0 Å². The molecule has 0 amide bonds. The molecule has 1 aromatic heterocycles. The van der Waals surface area contributed by atoms with Crippen molar-refractivity contribution >= 4 is 16.5 Å². The van der Waals surface area contributed by atoms with E-state index in [9.17, 15) is 0 Å². The molecule has 0 spiro atoms. The maximum atomic E-state index is 4.84. The van der Waals surface area contributed by atoms with Crippen molar-refractivity contribution in [1.29, 1.82) is 0 Å². The van der Waals surface area contributed by atoms with Crippen LogP contribution in [0.1, 0.15) is 25.0 Å². The Bertz CT molecular complexity index is 742. The molecule has 2 heterocycles. The van der Waals surface area contributed by atoms with Gasteiger partial charge in [-0.2, -0.15) is 0 Å². The van der Waals surface area contributed by atoms with Gasteiger partial charge in [0.2, 0.25) is 0 Å². The molecule has 1 fully saturated rings. The van der Waals surface area contributed by atoms with E-state index in [2.05, 4.69) is 60.5 Å². The lowest BCUT2D eigenvalue weighted by molar-refractivity contribution is 0.282. The predicted molar refractivity (Wildman–Crippen MR) is 87.8 cm³/mol. The number of fused-ring (bicyclic) bond motifs is 2. The Hall–Kier alpha value is -2.09. The van der Waals surface area contributed by atoms with Crippen molar-refractivity contribution in [2.45, 2.75) is 19.3 Å². The summed E-state index contributed by atoms with van der Waals surface area (Å²) in [5.41, 5.74) is 5.11. The summed E-state index contributed by atoms with van der Waals surface area (Å²) in [5, 5.41) is 1.21. The lowest BCUT2D eigenvalue weighted by Gasteiger charge is -2.36. The van der Waals surface area contributed by atoms with Crippen molar-refractivity contribution in [3.05, 3.63) is 59.9 Å². The first-order valence-corrected chi connectivity index (χ1v) is 7.79. The molecular formula is C19H20N2. The van der Waals surface area contributed by atoms with Gasteiger partial charge in [0.05, 0.1) is 11.2 Å². The highest BCUT2D eigenvalue weighted by Gasteiger charge is 2.26. The zero-order chi connectivity index (χ0) is 14.2. The SMILES string of the molecule is CN1CCCC2CC(c3ccc4ccccc4n3)=CC=C21. The summed E-state index contributed by atoms with van der Waals surface area (Å²) in [6.07, 6.45) is 8.31. The lowest BCUT2D eigenvalue weighted by Crippen LogP contribution is -2.31. The number of hydrogen-bond donors (Lipinski definition) is 0. The van der Waals surface area contributed by atoms with E-state index in [4.69, 9.17) is 4.98 Å². The number of aromatic nitrogens is 1. The van der Waals surface area contributed by atoms with Crippen molar-refractivity contribution < 1.29 is 0 Å². The van der Waals surface area contributed by atoms with Crippen LogP contribution < -0.4 is 0 Å². The molecule has 0 saturated carbocycles. The third kappa shape index (κ3) is 2.25. The van der Waals surface area contributed by atoms with Gasteiger partial charge in [-0.05, 0) is 43.0 Å². The second-order valence-electron chi connectivity index (χ2n) is 6.14. The van der Waals surface area contributed by atoms with Gasteiger partial charge in [0.1, 0.15) is 0 Å². The summed E-state index contributed by atoms with van der Waals surface area (Å²) in [5.74, 6) is 0.678. The minimum atomic E-state index is 0.678. The Balaban J connectivity index is 1.72. The molecule has 1 atom stereocenters. The third-order valence-electron chi connectivity index (χ3n) is 4.75. The number of piperidine rings is 1. The average Bonchev–Trinajstić information content (AvgIpc) is 2.54. The molecule has 1 aromatic carbocycles. The molecule has 4 rings (SSSR count). The van der Waals surface area contributed by atoms with E-state index >= 15 is 0 Å². The first-order chi connectivity index (χ1) is 10.3. The highest BCUT2D eigenvalue weighted by Crippen LogP contribution is 2.37. The smallest absolute Gasteiger partial charge is 0.0709 e. The number of allylic oxidation sites excluding steroid dienone is 4. The van der Waals surface area contributed by atoms with Crippen LogP contribution in [0.5, 0.6) is 0 Å². The second-order valence-corrected chi connectivity index (χ2v) is 6.14. The molecule has 1 aliphatic carbocycles. The molecule has 1 saturated heterocycles. The molecule has 0 bridgehead atoms. The molecule has 2 aromatic rings. The van der Waals surface area contributed by atoms with Crippen LogP contribution in [0.25, 0.3) is 16.5 Å². The minimum absolute atomic E-state index is 0.678. The van der Waals surface area contributed by atoms with E-state index in [1.165, 1.54) is 36.0 Å². The van der Waals surface area contributed by atoms with Crippen LogP contribution in [0.4, 0.5) is 0 Å². The average molecular weight is 276 g/mol. The number of pyridine rings is 1. The molecule has 2 heteroatoms. The second kappa shape index (κ2) is 5.03. The largest absolute Gasteiger partial charge is 0.378 e. The summed E-state index contributed by atoms with van der Waals surface area (Å²) >= 11 is 0. The fourth-order valence-electron chi connectivity index (χ4n) is 3.59. The number of likely N-dealkylation sites (tertiary alicyclic amines) is 1. The Morgan fingerprint density at radius 3 is 2.95 bits per heavy atom. The van der Waals surface area contributed by atoms with E-state index in [1.54, 1.807) is 0 Å². The molecule has 2 nitrogen and oxygen atoms in total. The van der Waals surface area contributed by atoms with Crippen LogP contribution in [0, 0.1) is 5.92 Å². The quantitative estimate of drug-likeness (QED) is 0.774. The number of rotatable bonds is 1. The van der Waals surface area contributed by atoms with Crippen molar-refractivity contribution in [3.63, 3.8) is 0 Å². The number of benzene rings is 1. The van der Waals surface area contributed by atoms with E-state index in [0.29, 0.717) is 5.92 Å². The monoisotopic (exact) mass is 276 g/mol. The van der Waals surface area contributed by atoms with E-state index in [-0.39, 0.29) is 0 Å². The van der Waals surface area contributed by atoms with Gasteiger partial charge in [-0.25, -0.2) is 4.98 Å². The maximum absolute atomic E-state index is 4.84. The van der Waals surface area contributed by atoms with Crippen molar-refractivity contribution in [1.82, 2.24) is 9.88 Å². The Morgan fingerprint density at radius 2 is 2.00 bits per heavy atom. The van der Waals surface area contributed by atoms with Gasteiger partial charge in [0.25, 0.3) is 0 Å². The van der Waals surface area contributed by atoms with Gasteiger partial charge < -0.3 is 4.90 Å². The van der Waals surface area contributed by atoms with Gasteiger partial charge in [-0.15, -0.1) is 0 Å². The normalized spacial score (nSPS) is 21.8. The zero-order valence-electron chi connectivity index (χ0n) is 12.4. The van der Waals surface area contributed by atoms with Gasteiger partial charge in [-0.3, -0.25) is 0 Å². The van der Waals surface area contributed by atoms with Crippen LogP contribution >= 0.6 is 0 Å². The highest BCUT2D eigenvalue weighted by molar-refractivity contribution is 5.81. The van der Waals surface area contributed by atoms with E-state index in [0.717, 1.165) is 17.6 Å². The van der Waals surface area contributed by atoms with Crippen LogP contribution in [0.2, 0.25) is 0 Å².